The first-order chi connectivity index (χ1) is 7.90. The van der Waals surface area contributed by atoms with Crippen molar-refractivity contribution in [2.24, 2.45) is 0 Å². The summed E-state index contributed by atoms with van der Waals surface area (Å²) in [6.45, 7) is 6.84. The van der Waals surface area contributed by atoms with Crippen molar-refractivity contribution in [2.75, 3.05) is 13.1 Å². The highest BCUT2D eigenvalue weighted by atomic mass is 35.5. The van der Waals surface area contributed by atoms with Crippen LogP contribution >= 0.6 is 23.2 Å². The molecule has 1 aromatic rings. The lowest BCUT2D eigenvalue weighted by atomic mass is 10.3. The first-order valence-electron chi connectivity index (χ1n) is 5.52. The van der Waals surface area contributed by atoms with Gasteiger partial charge in [-0.25, -0.2) is 4.90 Å². The number of hydrogen-bond donors (Lipinski definition) is 1. The molecule has 1 rings (SSSR count). The molecule has 0 saturated carbocycles. The first-order valence-corrected chi connectivity index (χ1v) is 6.27. The summed E-state index contributed by atoms with van der Waals surface area (Å²) in [5.41, 5.74) is 0. The molecule has 1 atom stereocenters. The maximum atomic E-state index is 10.2. The molecule has 0 aliphatic heterocycles. The number of hydrogen-bond acceptors (Lipinski definition) is 3. The fourth-order valence-electron chi connectivity index (χ4n) is 1.64. The second kappa shape index (κ2) is 5.91. The number of benzene rings is 1. The third kappa shape index (κ3) is 3.75. The predicted octanol–water partition coefficient (Wildman–Crippen LogP) is 3.38. The van der Waals surface area contributed by atoms with Crippen LogP contribution in [0.15, 0.2) is 18.2 Å². The van der Waals surface area contributed by atoms with Gasteiger partial charge in [-0.05, 0) is 18.2 Å². The molecule has 1 N–H and O–H groups in total. The summed E-state index contributed by atoms with van der Waals surface area (Å²) < 4.78 is 5.52. The van der Waals surface area contributed by atoms with Crippen LogP contribution in [0.3, 0.4) is 0 Å². The first kappa shape index (κ1) is 14.6. The van der Waals surface area contributed by atoms with E-state index in [0.29, 0.717) is 28.9 Å². The summed E-state index contributed by atoms with van der Waals surface area (Å²) in [5, 5.41) is 11.1. The van der Waals surface area contributed by atoms with Gasteiger partial charge < -0.3 is 9.84 Å². The fraction of sp³-hybridized carbons (Fsp3) is 0.500. The van der Waals surface area contributed by atoms with E-state index in [-0.39, 0.29) is 0 Å². The molecule has 0 bridgehead atoms. The lowest BCUT2D eigenvalue weighted by Crippen LogP contribution is -2.50. The standard InChI is InChI=1S/C12H17Cl2NO2/c1-4-15(5-2)12(3,16)17-11-7-6-9(13)8-10(11)14/h6-8,16H,4-5H2,1-3H3. The molecule has 1 unspecified atom stereocenters. The Morgan fingerprint density at radius 2 is 1.88 bits per heavy atom. The van der Waals surface area contributed by atoms with E-state index in [4.69, 9.17) is 27.9 Å². The molecule has 3 nitrogen and oxygen atoms in total. The SMILES string of the molecule is CCN(CC)C(C)(O)Oc1ccc(Cl)cc1Cl. The van der Waals surface area contributed by atoms with Crippen molar-refractivity contribution in [3.05, 3.63) is 28.2 Å². The highest BCUT2D eigenvalue weighted by Gasteiger charge is 2.29. The van der Waals surface area contributed by atoms with Gasteiger partial charge in [0.15, 0.2) is 0 Å². The lowest BCUT2D eigenvalue weighted by Gasteiger charge is -2.35. The Morgan fingerprint density at radius 3 is 2.35 bits per heavy atom. The van der Waals surface area contributed by atoms with Crippen molar-refractivity contribution < 1.29 is 9.84 Å². The zero-order valence-corrected chi connectivity index (χ0v) is 11.7. The summed E-state index contributed by atoms with van der Waals surface area (Å²) >= 11 is 11.8. The van der Waals surface area contributed by atoms with E-state index in [0.717, 1.165) is 0 Å². The van der Waals surface area contributed by atoms with Crippen LogP contribution in [0.5, 0.6) is 5.75 Å². The third-order valence-electron chi connectivity index (χ3n) is 2.55. The predicted molar refractivity (Wildman–Crippen MR) is 70.6 cm³/mol. The monoisotopic (exact) mass is 277 g/mol. The van der Waals surface area contributed by atoms with Gasteiger partial charge in [0.1, 0.15) is 5.75 Å². The number of ether oxygens (including phenoxy) is 1. The lowest BCUT2D eigenvalue weighted by molar-refractivity contribution is -0.227. The van der Waals surface area contributed by atoms with E-state index < -0.39 is 5.91 Å². The number of rotatable bonds is 5. The topological polar surface area (TPSA) is 32.7 Å². The van der Waals surface area contributed by atoms with Gasteiger partial charge in [-0.2, -0.15) is 0 Å². The summed E-state index contributed by atoms with van der Waals surface area (Å²) in [6.07, 6.45) is 0. The molecule has 17 heavy (non-hydrogen) atoms. The molecule has 0 heterocycles. The molecule has 5 heteroatoms. The number of aliphatic hydroxyl groups is 1. The van der Waals surface area contributed by atoms with Crippen LogP contribution in [0.1, 0.15) is 20.8 Å². The molecule has 0 saturated heterocycles. The van der Waals surface area contributed by atoms with Gasteiger partial charge in [0.2, 0.25) is 0 Å². The average Bonchev–Trinajstić information content (AvgIpc) is 2.23. The molecule has 0 aliphatic carbocycles. The molecule has 1 aromatic carbocycles. The maximum Gasteiger partial charge on any atom is 0.267 e. The molecular weight excluding hydrogens is 261 g/mol. The van der Waals surface area contributed by atoms with E-state index in [2.05, 4.69) is 0 Å². The number of nitrogens with zero attached hydrogens (tertiary/aromatic N) is 1. The van der Waals surface area contributed by atoms with Crippen LogP contribution in [0.4, 0.5) is 0 Å². The summed E-state index contributed by atoms with van der Waals surface area (Å²) in [4.78, 5) is 1.78. The van der Waals surface area contributed by atoms with Crippen molar-refractivity contribution in [1.82, 2.24) is 4.90 Å². The van der Waals surface area contributed by atoms with Crippen LogP contribution < -0.4 is 4.74 Å². The van der Waals surface area contributed by atoms with Crippen LogP contribution in [-0.4, -0.2) is 29.0 Å². The quantitative estimate of drug-likeness (QED) is 0.838. The number of halogens is 2. The van der Waals surface area contributed by atoms with E-state index in [1.807, 2.05) is 13.8 Å². The van der Waals surface area contributed by atoms with Crippen LogP contribution in [-0.2, 0) is 0 Å². The zero-order chi connectivity index (χ0) is 13.1. The highest BCUT2D eigenvalue weighted by molar-refractivity contribution is 6.35. The molecule has 0 aromatic heterocycles. The second-order valence-corrected chi connectivity index (χ2v) is 4.63. The molecule has 96 valence electrons. The van der Waals surface area contributed by atoms with Gasteiger partial charge in [-0.3, -0.25) is 0 Å². The van der Waals surface area contributed by atoms with Gasteiger partial charge in [0.25, 0.3) is 5.91 Å². The van der Waals surface area contributed by atoms with E-state index in [1.54, 1.807) is 30.0 Å². The van der Waals surface area contributed by atoms with Crippen molar-refractivity contribution in [2.45, 2.75) is 26.7 Å². The Balaban J connectivity index is 2.89. The highest BCUT2D eigenvalue weighted by Crippen LogP contribution is 2.30. The van der Waals surface area contributed by atoms with Crippen LogP contribution in [0, 0.1) is 0 Å². The van der Waals surface area contributed by atoms with E-state index >= 15 is 0 Å². The van der Waals surface area contributed by atoms with Crippen molar-refractivity contribution in [3.63, 3.8) is 0 Å². The maximum absolute atomic E-state index is 10.2. The van der Waals surface area contributed by atoms with Crippen molar-refractivity contribution >= 4 is 23.2 Å². The van der Waals surface area contributed by atoms with Crippen molar-refractivity contribution in [1.29, 1.82) is 0 Å². The van der Waals surface area contributed by atoms with Crippen LogP contribution in [0.2, 0.25) is 10.0 Å². The molecule has 0 radical (unpaired) electrons. The van der Waals surface area contributed by atoms with Gasteiger partial charge in [-0.15, -0.1) is 0 Å². The van der Waals surface area contributed by atoms with Gasteiger partial charge in [0, 0.05) is 25.0 Å². The molecule has 0 fully saturated rings. The fourth-order valence-corrected chi connectivity index (χ4v) is 2.09. The molecule has 0 aliphatic rings. The van der Waals surface area contributed by atoms with Gasteiger partial charge >= 0.3 is 0 Å². The second-order valence-electron chi connectivity index (χ2n) is 3.78. The van der Waals surface area contributed by atoms with Crippen molar-refractivity contribution in [3.8, 4) is 5.75 Å². The summed E-state index contributed by atoms with van der Waals surface area (Å²) in [6, 6.07) is 4.89. The largest absolute Gasteiger partial charge is 0.448 e. The van der Waals surface area contributed by atoms with E-state index in [1.165, 1.54) is 0 Å². The zero-order valence-electron chi connectivity index (χ0n) is 10.2. The average molecular weight is 278 g/mol. The normalized spacial score (nSPS) is 14.8. The van der Waals surface area contributed by atoms with Crippen LogP contribution in [0.25, 0.3) is 0 Å². The summed E-state index contributed by atoms with van der Waals surface area (Å²) in [7, 11) is 0. The smallest absolute Gasteiger partial charge is 0.267 e. The minimum atomic E-state index is -1.39. The minimum Gasteiger partial charge on any atom is -0.448 e. The summed E-state index contributed by atoms with van der Waals surface area (Å²) in [5.74, 6) is -0.978. The Bertz CT molecular complexity index is 379. The Kier molecular flexibility index (Phi) is 5.07. The molecule has 0 spiro atoms. The molecular formula is C12H17Cl2NO2. The minimum absolute atomic E-state index is 0.380. The Hall–Kier alpha value is -0.480. The Labute approximate surface area is 112 Å². The van der Waals surface area contributed by atoms with E-state index in [9.17, 15) is 5.11 Å². The third-order valence-corrected chi connectivity index (χ3v) is 3.08. The van der Waals surface area contributed by atoms with Gasteiger partial charge in [-0.1, -0.05) is 37.0 Å². The molecule has 0 amide bonds. The Morgan fingerprint density at radius 1 is 1.29 bits per heavy atom. The van der Waals surface area contributed by atoms with Gasteiger partial charge in [0.05, 0.1) is 5.02 Å².